The van der Waals surface area contributed by atoms with Gasteiger partial charge < -0.3 is 11.1 Å². The molecule has 0 aromatic rings. The van der Waals surface area contributed by atoms with Gasteiger partial charge in [0, 0.05) is 11.8 Å². The van der Waals surface area contributed by atoms with E-state index in [2.05, 4.69) is 17.5 Å². The molecule has 0 aromatic carbocycles. The van der Waals surface area contributed by atoms with Gasteiger partial charge in [-0.15, -0.1) is 0 Å². The van der Waals surface area contributed by atoms with Crippen molar-refractivity contribution in [3.05, 3.63) is 0 Å². The van der Waals surface area contributed by atoms with Gasteiger partial charge in [-0.3, -0.25) is 4.79 Å². The Morgan fingerprint density at radius 1 is 1.75 bits per heavy atom. The Kier molecular flexibility index (Phi) is 6.10. The van der Waals surface area contributed by atoms with E-state index in [1.165, 1.54) is 0 Å². The first-order valence-electron chi connectivity index (χ1n) is 3.64. The predicted molar refractivity (Wildman–Crippen MR) is 57.4 cm³/mol. The molecule has 0 fully saturated rings. The lowest BCUT2D eigenvalue weighted by molar-refractivity contribution is -0.119. The summed E-state index contributed by atoms with van der Waals surface area (Å²) in [6, 6.07) is 0. The van der Waals surface area contributed by atoms with Crippen molar-refractivity contribution in [3.8, 4) is 0 Å². The molecule has 0 heterocycles. The first kappa shape index (κ1) is 11.7. The molecule has 0 radical (unpaired) electrons. The first-order chi connectivity index (χ1) is 5.56. The Bertz CT molecular complexity index is 173. The van der Waals surface area contributed by atoms with Crippen molar-refractivity contribution in [1.82, 2.24) is 5.32 Å². The van der Waals surface area contributed by atoms with E-state index in [-0.39, 0.29) is 17.3 Å². The average molecular weight is 206 g/mol. The topological polar surface area (TPSA) is 55.1 Å². The van der Waals surface area contributed by atoms with Crippen LogP contribution in [0.3, 0.4) is 0 Å². The van der Waals surface area contributed by atoms with E-state index in [1.807, 2.05) is 13.2 Å². The van der Waals surface area contributed by atoms with E-state index in [9.17, 15) is 4.79 Å². The van der Waals surface area contributed by atoms with Crippen molar-refractivity contribution in [2.24, 2.45) is 5.73 Å². The summed E-state index contributed by atoms with van der Waals surface area (Å²) in [6.07, 6.45) is 2.15. The number of carbonyl (C=O) groups is 1. The van der Waals surface area contributed by atoms with Gasteiger partial charge in [-0.05, 0) is 6.26 Å². The number of amides is 1. The second-order valence-electron chi connectivity index (χ2n) is 2.49. The Labute approximate surface area is 82.5 Å². The molecular formula is C7H14N2OS2. The molecule has 1 atom stereocenters. The number of hydrogen-bond donors (Lipinski definition) is 2. The van der Waals surface area contributed by atoms with Crippen LogP contribution < -0.4 is 11.1 Å². The molecule has 70 valence electrons. The second-order valence-corrected chi connectivity index (χ2v) is 4.29. The standard InChI is InChI=1S/C7H14N2OS2/c1-5(12-2)4-9-7(10)3-6(8)11/h5H,3-4H2,1-2H3,(H2,8,11)(H,9,10). The number of hydrogen-bond acceptors (Lipinski definition) is 3. The molecular weight excluding hydrogens is 192 g/mol. The van der Waals surface area contributed by atoms with Crippen LogP contribution in [0.25, 0.3) is 0 Å². The predicted octanol–water partition coefficient (Wildman–Crippen LogP) is 0.530. The highest BCUT2D eigenvalue weighted by molar-refractivity contribution is 7.99. The van der Waals surface area contributed by atoms with Gasteiger partial charge in [0.05, 0.1) is 11.4 Å². The lowest BCUT2D eigenvalue weighted by Gasteiger charge is -2.08. The maximum atomic E-state index is 11.0. The quantitative estimate of drug-likeness (QED) is 0.644. The largest absolute Gasteiger partial charge is 0.393 e. The Morgan fingerprint density at radius 2 is 2.33 bits per heavy atom. The van der Waals surface area contributed by atoms with Crippen LogP contribution in [0.2, 0.25) is 0 Å². The van der Waals surface area contributed by atoms with Gasteiger partial charge in [0.15, 0.2) is 0 Å². The molecule has 0 aliphatic heterocycles. The summed E-state index contributed by atoms with van der Waals surface area (Å²) in [5.41, 5.74) is 5.20. The molecule has 0 aromatic heterocycles. The number of thiocarbonyl (C=S) groups is 1. The Balaban J connectivity index is 3.50. The molecule has 1 amide bonds. The van der Waals surface area contributed by atoms with E-state index in [4.69, 9.17) is 5.73 Å². The lowest BCUT2D eigenvalue weighted by Crippen LogP contribution is -2.31. The SMILES string of the molecule is CSC(C)CNC(=O)CC(N)=S. The molecule has 0 spiro atoms. The highest BCUT2D eigenvalue weighted by Crippen LogP contribution is 2.02. The lowest BCUT2D eigenvalue weighted by atomic mass is 10.4. The van der Waals surface area contributed by atoms with Crippen molar-refractivity contribution in [3.63, 3.8) is 0 Å². The molecule has 1 unspecified atom stereocenters. The molecule has 12 heavy (non-hydrogen) atoms. The van der Waals surface area contributed by atoms with Crippen LogP contribution >= 0.6 is 24.0 Å². The van der Waals surface area contributed by atoms with Gasteiger partial charge in [-0.2, -0.15) is 11.8 Å². The van der Waals surface area contributed by atoms with Crippen molar-refractivity contribution in [2.45, 2.75) is 18.6 Å². The minimum Gasteiger partial charge on any atom is -0.393 e. The minimum atomic E-state index is -0.0941. The van der Waals surface area contributed by atoms with E-state index >= 15 is 0 Å². The Hall–Kier alpha value is -0.290. The van der Waals surface area contributed by atoms with Crippen LogP contribution in [-0.2, 0) is 4.79 Å². The highest BCUT2D eigenvalue weighted by Gasteiger charge is 2.04. The molecule has 5 heteroatoms. The van der Waals surface area contributed by atoms with Gasteiger partial charge in [0.2, 0.25) is 5.91 Å². The molecule has 0 rings (SSSR count). The molecule has 0 bridgehead atoms. The van der Waals surface area contributed by atoms with Gasteiger partial charge in [-0.25, -0.2) is 0 Å². The van der Waals surface area contributed by atoms with Crippen LogP contribution in [0.5, 0.6) is 0 Å². The fourth-order valence-corrected chi connectivity index (χ4v) is 0.943. The maximum Gasteiger partial charge on any atom is 0.226 e. The molecule has 3 nitrogen and oxygen atoms in total. The minimum absolute atomic E-state index is 0.0941. The summed E-state index contributed by atoms with van der Waals surface area (Å²) in [5, 5.41) is 3.17. The summed E-state index contributed by atoms with van der Waals surface area (Å²) >= 11 is 6.30. The number of nitrogens with two attached hydrogens (primary N) is 1. The van der Waals surface area contributed by atoms with E-state index in [0.29, 0.717) is 11.8 Å². The summed E-state index contributed by atoms with van der Waals surface area (Å²) in [7, 11) is 0. The average Bonchev–Trinajstić information content (AvgIpc) is 1.99. The van der Waals surface area contributed by atoms with Crippen molar-refractivity contribution >= 4 is 34.9 Å². The first-order valence-corrected chi connectivity index (χ1v) is 5.33. The molecule has 0 saturated carbocycles. The summed E-state index contributed by atoms with van der Waals surface area (Å²) < 4.78 is 0. The fourth-order valence-electron chi connectivity index (χ4n) is 0.562. The molecule has 0 saturated heterocycles. The van der Waals surface area contributed by atoms with Gasteiger partial charge >= 0.3 is 0 Å². The third-order valence-corrected chi connectivity index (χ3v) is 2.44. The molecule has 0 aliphatic carbocycles. The zero-order valence-corrected chi connectivity index (χ0v) is 8.93. The maximum absolute atomic E-state index is 11.0. The third kappa shape index (κ3) is 6.42. The van der Waals surface area contributed by atoms with E-state index < -0.39 is 0 Å². The Morgan fingerprint density at radius 3 is 2.75 bits per heavy atom. The number of thioether (sulfide) groups is 1. The van der Waals surface area contributed by atoms with Crippen molar-refractivity contribution < 1.29 is 4.79 Å². The summed E-state index contributed by atoms with van der Waals surface area (Å²) in [6.45, 7) is 2.72. The zero-order chi connectivity index (χ0) is 9.56. The van der Waals surface area contributed by atoms with Crippen LogP contribution in [-0.4, -0.2) is 28.9 Å². The fraction of sp³-hybridized carbons (Fsp3) is 0.714. The van der Waals surface area contributed by atoms with Crippen molar-refractivity contribution in [1.29, 1.82) is 0 Å². The van der Waals surface area contributed by atoms with Crippen molar-refractivity contribution in [2.75, 3.05) is 12.8 Å². The number of carbonyl (C=O) groups excluding carboxylic acids is 1. The zero-order valence-electron chi connectivity index (χ0n) is 7.29. The molecule has 3 N–H and O–H groups in total. The summed E-state index contributed by atoms with van der Waals surface area (Å²) in [5.74, 6) is -0.0941. The number of rotatable bonds is 5. The van der Waals surface area contributed by atoms with Crippen LogP contribution in [0.15, 0.2) is 0 Å². The van der Waals surface area contributed by atoms with Gasteiger partial charge in [0.1, 0.15) is 0 Å². The van der Waals surface area contributed by atoms with Crippen LogP contribution in [0.1, 0.15) is 13.3 Å². The summed E-state index contributed by atoms with van der Waals surface area (Å²) in [4.78, 5) is 11.2. The smallest absolute Gasteiger partial charge is 0.226 e. The highest BCUT2D eigenvalue weighted by atomic mass is 32.2. The van der Waals surface area contributed by atoms with Crippen LogP contribution in [0, 0.1) is 0 Å². The van der Waals surface area contributed by atoms with Gasteiger partial charge in [0.25, 0.3) is 0 Å². The monoisotopic (exact) mass is 206 g/mol. The molecule has 0 aliphatic rings. The number of nitrogens with one attached hydrogen (secondary N) is 1. The third-order valence-electron chi connectivity index (χ3n) is 1.32. The van der Waals surface area contributed by atoms with Crippen LogP contribution in [0.4, 0.5) is 0 Å². The normalized spacial score (nSPS) is 12.2. The second kappa shape index (κ2) is 6.25. The van der Waals surface area contributed by atoms with E-state index in [1.54, 1.807) is 11.8 Å². The van der Waals surface area contributed by atoms with E-state index in [0.717, 1.165) is 0 Å². The van der Waals surface area contributed by atoms with Gasteiger partial charge in [-0.1, -0.05) is 19.1 Å².